The van der Waals surface area contributed by atoms with E-state index in [-0.39, 0.29) is 19.6 Å². The van der Waals surface area contributed by atoms with Gasteiger partial charge in [0.1, 0.15) is 12.6 Å². The quantitative estimate of drug-likeness (QED) is 0.154. The zero-order chi connectivity index (χ0) is 24.7. The first-order chi connectivity index (χ1) is 16.6. The van der Waals surface area contributed by atoms with Gasteiger partial charge in [-0.25, -0.2) is 4.79 Å². The minimum absolute atomic E-state index is 0.200. The fourth-order valence-electron chi connectivity index (χ4n) is 3.44. The lowest BCUT2D eigenvalue weighted by molar-refractivity contribution is -0.142. The predicted molar refractivity (Wildman–Crippen MR) is 138 cm³/mol. The van der Waals surface area contributed by atoms with Crippen LogP contribution in [-0.4, -0.2) is 68.4 Å². The molecule has 34 heavy (non-hydrogen) atoms. The summed E-state index contributed by atoms with van der Waals surface area (Å²) < 4.78 is 16.3. The monoisotopic (exact) mass is 497 g/mol. The Hall–Kier alpha value is -1.61. The Morgan fingerprint density at radius 3 is 1.88 bits per heavy atom. The molecule has 1 atom stereocenters. The van der Waals surface area contributed by atoms with Crippen LogP contribution in [-0.2, 0) is 30.2 Å². The maximum atomic E-state index is 12.0. The van der Waals surface area contributed by atoms with E-state index in [0.717, 1.165) is 24.3 Å². The first kappa shape index (κ1) is 30.4. The van der Waals surface area contributed by atoms with Gasteiger partial charge in [-0.05, 0) is 24.2 Å². The van der Waals surface area contributed by atoms with Gasteiger partial charge in [0.15, 0.2) is 0 Å². The topological polar surface area (TPSA) is 94.1 Å². The smallest absolute Gasteiger partial charge is 0.326 e. The summed E-state index contributed by atoms with van der Waals surface area (Å²) in [5, 5.41) is 11.8. The highest BCUT2D eigenvalue weighted by Gasteiger charge is 2.20. The third kappa shape index (κ3) is 17.8. The molecule has 194 valence electrons. The van der Waals surface area contributed by atoms with Crippen molar-refractivity contribution in [3.8, 4) is 0 Å². The zero-order valence-corrected chi connectivity index (χ0v) is 21.3. The van der Waals surface area contributed by atoms with Crippen LogP contribution in [0.15, 0.2) is 30.3 Å². The van der Waals surface area contributed by atoms with E-state index in [0.29, 0.717) is 19.8 Å². The van der Waals surface area contributed by atoms with Gasteiger partial charge in [0.2, 0.25) is 5.91 Å². The summed E-state index contributed by atoms with van der Waals surface area (Å²) in [5.74, 6) is -0.527. The minimum atomic E-state index is -1.07. The van der Waals surface area contributed by atoms with E-state index in [4.69, 9.17) is 14.2 Å². The molecule has 0 unspecified atom stereocenters. The Balaban J connectivity index is 1.88. The number of carbonyl (C=O) groups is 2. The number of ether oxygens (including phenoxy) is 3. The minimum Gasteiger partial charge on any atom is -0.480 e. The van der Waals surface area contributed by atoms with Crippen molar-refractivity contribution in [2.45, 2.75) is 70.3 Å². The maximum absolute atomic E-state index is 12.0. The maximum Gasteiger partial charge on any atom is 0.326 e. The van der Waals surface area contributed by atoms with Crippen molar-refractivity contribution in [3.05, 3.63) is 35.9 Å². The summed E-state index contributed by atoms with van der Waals surface area (Å²) in [6.45, 7) is 2.21. The molecule has 0 fully saturated rings. The van der Waals surface area contributed by atoms with Crippen molar-refractivity contribution in [1.82, 2.24) is 5.32 Å². The first-order valence-electron chi connectivity index (χ1n) is 12.5. The highest BCUT2D eigenvalue weighted by molar-refractivity contribution is 7.80. The van der Waals surface area contributed by atoms with Crippen molar-refractivity contribution >= 4 is 24.5 Å². The fourth-order valence-corrected chi connectivity index (χ4v) is 3.67. The van der Waals surface area contributed by atoms with E-state index >= 15 is 0 Å². The van der Waals surface area contributed by atoms with E-state index in [1.165, 1.54) is 51.4 Å². The lowest BCUT2D eigenvalue weighted by Crippen LogP contribution is -2.44. The lowest BCUT2D eigenvalue weighted by atomic mass is 10.1. The lowest BCUT2D eigenvalue weighted by Gasteiger charge is -2.14. The molecule has 2 N–H and O–H groups in total. The Morgan fingerprint density at radius 1 is 0.765 bits per heavy atom. The summed E-state index contributed by atoms with van der Waals surface area (Å²) in [6, 6.07) is 8.20. The number of benzene rings is 1. The molecule has 0 radical (unpaired) electrons. The van der Waals surface area contributed by atoms with Crippen LogP contribution in [0.2, 0.25) is 0 Å². The molecule has 0 aromatic heterocycles. The summed E-state index contributed by atoms with van der Waals surface area (Å²) >= 11 is 4.23. The Bertz CT molecular complexity index is 631. The molecular weight excluding hydrogens is 454 g/mol. The van der Waals surface area contributed by atoms with Gasteiger partial charge in [0.05, 0.1) is 26.4 Å². The molecule has 0 saturated heterocycles. The molecule has 1 rings (SSSR count). The number of carbonyl (C=O) groups excluding carboxylic acids is 1. The molecule has 1 aromatic carbocycles. The molecule has 0 aliphatic rings. The van der Waals surface area contributed by atoms with Crippen molar-refractivity contribution in [2.24, 2.45) is 0 Å². The number of rotatable bonds is 23. The van der Waals surface area contributed by atoms with E-state index < -0.39 is 17.9 Å². The van der Waals surface area contributed by atoms with Crippen molar-refractivity contribution in [1.29, 1.82) is 0 Å². The summed E-state index contributed by atoms with van der Waals surface area (Å²) in [6.07, 6.45) is 11.7. The number of hydrogen-bond acceptors (Lipinski definition) is 6. The Labute approximate surface area is 210 Å². The molecule has 0 aliphatic heterocycles. The molecule has 0 saturated carbocycles. The molecule has 0 heterocycles. The summed E-state index contributed by atoms with van der Waals surface area (Å²) in [5.41, 5.74) is 0.845. The van der Waals surface area contributed by atoms with Crippen LogP contribution >= 0.6 is 12.6 Å². The Kier molecular flexibility index (Phi) is 19.6. The van der Waals surface area contributed by atoms with Gasteiger partial charge < -0.3 is 24.6 Å². The van der Waals surface area contributed by atoms with E-state index in [2.05, 4.69) is 17.9 Å². The van der Waals surface area contributed by atoms with Crippen LogP contribution in [0.1, 0.15) is 63.4 Å². The van der Waals surface area contributed by atoms with E-state index in [9.17, 15) is 14.7 Å². The number of amides is 1. The van der Waals surface area contributed by atoms with Gasteiger partial charge in [-0.15, -0.1) is 0 Å². The van der Waals surface area contributed by atoms with Gasteiger partial charge in [-0.3, -0.25) is 4.79 Å². The number of carboxylic acids is 1. The molecule has 0 spiro atoms. The summed E-state index contributed by atoms with van der Waals surface area (Å²) in [4.78, 5) is 23.3. The average Bonchev–Trinajstić information content (AvgIpc) is 2.83. The third-order valence-electron chi connectivity index (χ3n) is 5.34. The Morgan fingerprint density at radius 2 is 1.29 bits per heavy atom. The standard InChI is InChI=1S/C26H43NO6S/c28-25(27-24(26(29)30)21-23-13-9-8-10-14-23)22-33-19-18-32-17-16-31-15-11-6-4-2-1-3-5-7-12-20-34/h8-10,13-14,24,34H,1-7,11-12,15-22H2,(H,27,28)(H,29,30)/t24-/m0/s1. The number of carboxylic acid groups (broad SMARTS) is 1. The average molecular weight is 498 g/mol. The molecule has 1 amide bonds. The first-order valence-corrected chi connectivity index (χ1v) is 13.2. The third-order valence-corrected chi connectivity index (χ3v) is 5.66. The van der Waals surface area contributed by atoms with E-state index in [1.54, 1.807) is 0 Å². The normalized spacial score (nSPS) is 11.9. The largest absolute Gasteiger partial charge is 0.480 e. The van der Waals surface area contributed by atoms with Crippen LogP contribution in [0.25, 0.3) is 0 Å². The van der Waals surface area contributed by atoms with Crippen molar-refractivity contribution in [3.63, 3.8) is 0 Å². The number of nitrogens with one attached hydrogen (secondary N) is 1. The van der Waals surface area contributed by atoms with Crippen LogP contribution in [0.5, 0.6) is 0 Å². The van der Waals surface area contributed by atoms with Gasteiger partial charge in [0.25, 0.3) is 0 Å². The van der Waals surface area contributed by atoms with Gasteiger partial charge in [-0.1, -0.05) is 75.3 Å². The van der Waals surface area contributed by atoms with Crippen LogP contribution < -0.4 is 5.32 Å². The number of hydrogen-bond donors (Lipinski definition) is 3. The summed E-state index contributed by atoms with van der Waals surface area (Å²) in [7, 11) is 0. The second kappa shape index (κ2) is 21.9. The highest BCUT2D eigenvalue weighted by Crippen LogP contribution is 2.10. The van der Waals surface area contributed by atoms with Gasteiger partial charge in [0, 0.05) is 13.0 Å². The molecule has 0 aliphatic carbocycles. The second-order valence-corrected chi connectivity index (χ2v) is 8.78. The second-order valence-electron chi connectivity index (χ2n) is 8.33. The molecule has 7 nitrogen and oxygen atoms in total. The van der Waals surface area contributed by atoms with Crippen LogP contribution in [0, 0.1) is 0 Å². The number of aliphatic carboxylic acids is 1. The number of unbranched alkanes of at least 4 members (excludes halogenated alkanes) is 8. The van der Waals surface area contributed by atoms with Crippen LogP contribution in [0.4, 0.5) is 0 Å². The molecule has 1 aromatic rings. The molecule has 8 heteroatoms. The van der Waals surface area contributed by atoms with Crippen LogP contribution in [0.3, 0.4) is 0 Å². The van der Waals surface area contributed by atoms with Crippen molar-refractivity contribution < 1.29 is 28.9 Å². The van der Waals surface area contributed by atoms with Gasteiger partial charge >= 0.3 is 5.97 Å². The highest BCUT2D eigenvalue weighted by atomic mass is 32.1. The fraction of sp³-hybridized carbons (Fsp3) is 0.692. The predicted octanol–water partition coefficient (Wildman–Crippen LogP) is 4.29. The molecular formula is C26H43NO6S. The van der Waals surface area contributed by atoms with Crippen molar-refractivity contribution in [2.75, 3.05) is 45.4 Å². The van der Waals surface area contributed by atoms with Gasteiger partial charge in [-0.2, -0.15) is 12.6 Å². The van der Waals surface area contributed by atoms with E-state index in [1.807, 2.05) is 30.3 Å². The number of thiol groups is 1. The SMILES string of the molecule is O=C(COCCOCCOCCCCCCCCCCCS)N[C@@H](Cc1ccccc1)C(=O)O. The molecule has 0 bridgehead atoms. The zero-order valence-electron chi connectivity index (χ0n) is 20.4.